The topological polar surface area (TPSA) is 17.1 Å². The SMILES string of the molecule is O=[S@](c1ccccc1)C(F)(F)F. The van der Waals surface area contributed by atoms with Crippen LogP contribution in [0, 0.1) is 0 Å². The van der Waals surface area contributed by atoms with Crippen molar-refractivity contribution < 1.29 is 17.4 Å². The van der Waals surface area contributed by atoms with Crippen LogP contribution in [0.1, 0.15) is 0 Å². The molecule has 1 nitrogen and oxygen atoms in total. The van der Waals surface area contributed by atoms with Crippen LogP contribution in [-0.4, -0.2) is 9.72 Å². The van der Waals surface area contributed by atoms with Crippen molar-refractivity contribution in [3.8, 4) is 0 Å². The summed E-state index contributed by atoms with van der Waals surface area (Å²) in [6, 6.07) is 6.77. The van der Waals surface area contributed by atoms with Gasteiger partial charge in [-0.3, -0.25) is 0 Å². The van der Waals surface area contributed by atoms with Crippen LogP contribution in [0.2, 0.25) is 0 Å². The van der Waals surface area contributed by atoms with E-state index < -0.39 is 16.3 Å². The minimum Gasteiger partial charge on any atom is -0.245 e. The molecule has 66 valence electrons. The van der Waals surface area contributed by atoms with Crippen LogP contribution in [0.25, 0.3) is 0 Å². The van der Waals surface area contributed by atoms with Crippen LogP contribution in [0.4, 0.5) is 13.2 Å². The maximum Gasteiger partial charge on any atom is 0.475 e. The van der Waals surface area contributed by atoms with E-state index in [-0.39, 0.29) is 4.90 Å². The summed E-state index contributed by atoms with van der Waals surface area (Å²) in [7, 11) is -2.90. The molecule has 0 saturated heterocycles. The highest BCUT2D eigenvalue weighted by atomic mass is 32.2. The molecule has 0 aliphatic heterocycles. The van der Waals surface area contributed by atoms with Gasteiger partial charge in [-0.1, -0.05) is 18.2 Å². The van der Waals surface area contributed by atoms with E-state index in [0.29, 0.717) is 0 Å². The largest absolute Gasteiger partial charge is 0.475 e. The maximum absolute atomic E-state index is 11.8. The molecule has 0 fully saturated rings. The Balaban J connectivity index is 2.94. The fourth-order valence-electron chi connectivity index (χ4n) is 0.678. The van der Waals surface area contributed by atoms with Crippen molar-refractivity contribution in [3.63, 3.8) is 0 Å². The molecular weight excluding hydrogens is 189 g/mol. The average Bonchev–Trinajstić information content (AvgIpc) is 2.03. The lowest BCUT2D eigenvalue weighted by molar-refractivity contribution is -0.0384. The van der Waals surface area contributed by atoms with E-state index in [0.717, 1.165) is 0 Å². The Morgan fingerprint density at radius 3 is 2.00 bits per heavy atom. The van der Waals surface area contributed by atoms with Gasteiger partial charge in [-0.25, -0.2) is 4.21 Å². The zero-order valence-corrected chi connectivity index (χ0v) is 6.65. The third-order valence-corrected chi connectivity index (χ3v) is 2.29. The minimum absolute atomic E-state index is 0.218. The lowest BCUT2D eigenvalue weighted by Gasteiger charge is -2.04. The molecule has 0 radical (unpaired) electrons. The summed E-state index contributed by atoms with van der Waals surface area (Å²) in [5.41, 5.74) is -4.67. The van der Waals surface area contributed by atoms with Crippen molar-refractivity contribution in [1.29, 1.82) is 0 Å². The van der Waals surface area contributed by atoms with E-state index in [1.807, 2.05) is 0 Å². The number of rotatable bonds is 1. The highest BCUT2D eigenvalue weighted by molar-refractivity contribution is 7.86. The molecule has 0 unspecified atom stereocenters. The standard InChI is InChI=1S/C7H5F3OS/c8-7(9,10)12(11)6-4-2-1-3-5-6/h1-5H/t12-/m1/s1. The second-order valence-corrected chi connectivity index (χ2v) is 3.50. The third-order valence-electron chi connectivity index (χ3n) is 1.17. The summed E-state index contributed by atoms with van der Waals surface area (Å²) in [6.45, 7) is 0. The molecule has 0 aromatic heterocycles. The lowest BCUT2D eigenvalue weighted by Crippen LogP contribution is -2.15. The van der Waals surface area contributed by atoms with Gasteiger partial charge in [-0.05, 0) is 12.1 Å². The first kappa shape index (κ1) is 9.25. The fraction of sp³-hybridized carbons (Fsp3) is 0.143. The Morgan fingerprint density at radius 2 is 1.58 bits per heavy atom. The summed E-state index contributed by atoms with van der Waals surface area (Å²) in [6.07, 6.45) is 0. The summed E-state index contributed by atoms with van der Waals surface area (Å²) >= 11 is 0. The van der Waals surface area contributed by atoms with Gasteiger partial charge in [0.15, 0.2) is 10.8 Å². The molecule has 0 N–H and O–H groups in total. The van der Waals surface area contributed by atoms with Crippen molar-refractivity contribution >= 4 is 10.8 Å². The van der Waals surface area contributed by atoms with E-state index >= 15 is 0 Å². The molecule has 0 bridgehead atoms. The average molecular weight is 194 g/mol. The Hall–Kier alpha value is -0.840. The zero-order valence-electron chi connectivity index (χ0n) is 5.84. The van der Waals surface area contributed by atoms with E-state index in [1.54, 1.807) is 6.07 Å². The van der Waals surface area contributed by atoms with Crippen molar-refractivity contribution in [2.45, 2.75) is 10.4 Å². The Kier molecular flexibility index (Phi) is 2.52. The summed E-state index contributed by atoms with van der Waals surface area (Å²) in [4.78, 5) is -0.218. The van der Waals surface area contributed by atoms with Crippen LogP contribution in [0.3, 0.4) is 0 Å². The van der Waals surface area contributed by atoms with E-state index in [1.165, 1.54) is 24.3 Å². The molecule has 0 spiro atoms. The van der Waals surface area contributed by atoms with Crippen molar-refractivity contribution in [3.05, 3.63) is 30.3 Å². The van der Waals surface area contributed by atoms with Crippen LogP contribution in [0.5, 0.6) is 0 Å². The lowest BCUT2D eigenvalue weighted by atomic mass is 10.4. The minimum atomic E-state index is -4.67. The molecule has 1 aromatic rings. The highest BCUT2D eigenvalue weighted by Crippen LogP contribution is 2.25. The maximum atomic E-state index is 11.8. The molecule has 0 aliphatic rings. The normalized spacial score (nSPS) is 14.2. The second kappa shape index (κ2) is 3.26. The van der Waals surface area contributed by atoms with Crippen LogP contribution in [-0.2, 0) is 10.8 Å². The molecular formula is C7H5F3OS. The van der Waals surface area contributed by atoms with Gasteiger partial charge < -0.3 is 0 Å². The summed E-state index contributed by atoms with van der Waals surface area (Å²) in [5, 5.41) is 0. The molecule has 0 saturated carbocycles. The first-order valence-corrected chi connectivity index (χ1v) is 4.20. The van der Waals surface area contributed by atoms with Crippen molar-refractivity contribution in [2.75, 3.05) is 0 Å². The first-order chi connectivity index (χ1) is 5.52. The van der Waals surface area contributed by atoms with Gasteiger partial charge in [0.05, 0.1) is 0 Å². The third kappa shape index (κ3) is 2.07. The molecule has 1 rings (SSSR count). The molecule has 0 heterocycles. The first-order valence-electron chi connectivity index (χ1n) is 3.05. The predicted octanol–water partition coefficient (Wildman–Crippen LogP) is 2.31. The van der Waals surface area contributed by atoms with Crippen LogP contribution < -0.4 is 0 Å². The number of alkyl halides is 3. The van der Waals surface area contributed by atoms with E-state index in [2.05, 4.69) is 0 Å². The molecule has 1 aromatic carbocycles. The van der Waals surface area contributed by atoms with Gasteiger partial charge in [-0.2, -0.15) is 13.2 Å². The van der Waals surface area contributed by atoms with Gasteiger partial charge in [-0.15, -0.1) is 0 Å². The monoisotopic (exact) mass is 194 g/mol. The number of hydrogen-bond acceptors (Lipinski definition) is 1. The summed E-state index contributed by atoms with van der Waals surface area (Å²) < 4.78 is 46.2. The fourth-order valence-corrected chi connectivity index (χ4v) is 1.35. The number of hydrogen-bond donors (Lipinski definition) is 0. The van der Waals surface area contributed by atoms with Crippen molar-refractivity contribution in [1.82, 2.24) is 0 Å². The predicted molar refractivity (Wildman–Crippen MR) is 38.9 cm³/mol. The van der Waals surface area contributed by atoms with Gasteiger partial charge >= 0.3 is 5.51 Å². The Labute approximate surface area is 69.7 Å². The van der Waals surface area contributed by atoms with Gasteiger partial charge in [0.2, 0.25) is 0 Å². The van der Waals surface area contributed by atoms with Gasteiger partial charge in [0, 0.05) is 4.90 Å². The van der Waals surface area contributed by atoms with Crippen LogP contribution in [0.15, 0.2) is 35.2 Å². The highest BCUT2D eigenvalue weighted by Gasteiger charge is 2.37. The smallest absolute Gasteiger partial charge is 0.245 e. The Bertz CT molecular complexity index is 280. The quantitative estimate of drug-likeness (QED) is 0.670. The van der Waals surface area contributed by atoms with Crippen molar-refractivity contribution in [2.24, 2.45) is 0 Å². The molecule has 0 aliphatic carbocycles. The summed E-state index contributed by atoms with van der Waals surface area (Å²) in [5.74, 6) is 0. The number of benzene rings is 1. The number of halogens is 3. The van der Waals surface area contributed by atoms with E-state index in [9.17, 15) is 17.4 Å². The second-order valence-electron chi connectivity index (χ2n) is 2.03. The molecule has 5 heteroatoms. The van der Waals surface area contributed by atoms with Gasteiger partial charge in [0.1, 0.15) is 0 Å². The Morgan fingerprint density at radius 1 is 1.08 bits per heavy atom. The van der Waals surface area contributed by atoms with E-state index in [4.69, 9.17) is 0 Å². The van der Waals surface area contributed by atoms with Gasteiger partial charge in [0.25, 0.3) is 0 Å². The molecule has 0 amide bonds. The zero-order chi connectivity index (χ0) is 9.19. The van der Waals surface area contributed by atoms with Crippen LogP contribution >= 0.6 is 0 Å². The molecule has 1 atom stereocenters. The molecule has 12 heavy (non-hydrogen) atoms.